The lowest BCUT2D eigenvalue weighted by Crippen LogP contribution is -2.25. The maximum absolute atomic E-state index is 10.9. The second-order valence-electron chi connectivity index (χ2n) is 8.70. The molecule has 0 unspecified atom stereocenters. The molecule has 0 bridgehead atoms. The molecule has 2 atom stereocenters. The Kier molecular flexibility index (Phi) is 20.3. The maximum Gasteiger partial charge on any atom is 0.341 e. The lowest BCUT2D eigenvalue weighted by atomic mass is 10.3. The molecule has 0 spiro atoms. The summed E-state index contributed by atoms with van der Waals surface area (Å²) in [6, 6.07) is 6.06. The molecule has 2 aliphatic heterocycles. The molecule has 2 fully saturated rings. The van der Waals surface area contributed by atoms with Crippen LogP contribution in [0.15, 0.2) is 41.3 Å². The fourth-order valence-corrected chi connectivity index (χ4v) is 3.50. The first-order valence-electron chi connectivity index (χ1n) is 11.2. The molecule has 2 aromatic rings. The lowest BCUT2D eigenvalue weighted by Gasteiger charge is -2.17. The number of nitrogens with zero attached hydrogens (tertiary/aromatic N) is 2. The number of pyridine rings is 2. The molecular formula is C28H47BrN2O10. The van der Waals surface area contributed by atoms with Gasteiger partial charge in [0, 0.05) is 12.4 Å². The number of hydrogen-bond acceptors (Lipinski definition) is 10. The zero-order chi connectivity index (χ0) is 27.6. The maximum atomic E-state index is 10.9. The Morgan fingerprint density at radius 3 is 1.71 bits per heavy atom. The summed E-state index contributed by atoms with van der Waals surface area (Å²) in [6.07, 6.45) is 2.66. The number of ether oxygens (including phenoxy) is 5. The van der Waals surface area contributed by atoms with Crippen LogP contribution < -0.4 is 4.74 Å². The molecule has 2 aromatic heterocycles. The van der Waals surface area contributed by atoms with Crippen LogP contribution in [-0.2, 0) is 18.9 Å². The number of hydrogen-bond donors (Lipinski definition) is 3. The Morgan fingerprint density at radius 2 is 1.34 bits per heavy atom. The Morgan fingerprint density at radius 1 is 0.878 bits per heavy atom. The number of aromatic nitrogens is 2. The van der Waals surface area contributed by atoms with E-state index in [4.69, 9.17) is 39.0 Å². The number of carboxylic acid groups (broad SMARTS) is 2. The third kappa shape index (κ3) is 14.7. The van der Waals surface area contributed by atoms with E-state index >= 15 is 0 Å². The van der Waals surface area contributed by atoms with Crippen molar-refractivity contribution < 1.29 is 48.6 Å². The molecule has 0 aliphatic carbocycles. The van der Waals surface area contributed by atoms with Gasteiger partial charge in [-0.3, -0.25) is 0 Å². The van der Waals surface area contributed by atoms with Crippen LogP contribution in [0, 0.1) is 0 Å². The highest BCUT2D eigenvalue weighted by Gasteiger charge is 2.33. The number of aliphatic hydroxyl groups excluding tert-OH is 1. The van der Waals surface area contributed by atoms with Crippen molar-refractivity contribution in [2.45, 2.75) is 81.2 Å². The van der Waals surface area contributed by atoms with E-state index in [-0.39, 0.29) is 72.1 Å². The van der Waals surface area contributed by atoms with Crippen molar-refractivity contribution in [2.75, 3.05) is 26.4 Å². The van der Waals surface area contributed by atoms with E-state index in [0.717, 1.165) is 0 Å². The van der Waals surface area contributed by atoms with Gasteiger partial charge in [0.25, 0.3) is 0 Å². The smallest absolute Gasteiger partial charge is 0.341 e. The van der Waals surface area contributed by atoms with Gasteiger partial charge in [0.05, 0.1) is 25.4 Å². The van der Waals surface area contributed by atoms with Crippen LogP contribution in [0.5, 0.6) is 5.88 Å². The van der Waals surface area contributed by atoms with E-state index < -0.39 is 23.5 Å². The van der Waals surface area contributed by atoms with Gasteiger partial charge in [-0.2, -0.15) is 0 Å². The second kappa shape index (κ2) is 19.4. The van der Waals surface area contributed by atoms with Crippen molar-refractivity contribution in [1.29, 1.82) is 0 Å². The van der Waals surface area contributed by atoms with Gasteiger partial charge in [0.2, 0.25) is 5.88 Å². The van der Waals surface area contributed by atoms with Crippen LogP contribution in [0.25, 0.3) is 0 Å². The molecule has 12 nitrogen and oxygen atoms in total. The fraction of sp³-hybridized carbons (Fsp3) is 0.571. The van der Waals surface area contributed by atoms with Crippen LogP contribution in [0.2, 0.25) is 0 Å². The van der Waals surface area contributed by atoms with E-state index in [1.165, 1.54) is 24.5 Å². The van der Waals surface area contributed by atoms with E-state index in [0.29, 0.717) is 17.8 Å². The Labute approximate surface area is 252 Å². The Bertz CT molecular complexity index is 1050. The number of aromatic carboxylic acids is 2. The highest BCUT2D eigenvalue weighted by molar-refractivity contribution is 9.10. The predicted octanol–water partition coefficient (Wildman–Crippen LogP) is 5.53. The molecule has 13 heteroatoms. The predicted molar refractivity (Wildman–Crippen MR) is 159 cm³/mol. The van der Waals surface area contributed by atoms with Crippen LogP contribution >= 0.6 is 15.9 Å². The summed E-state index contributed by atoms with van der Waals surface area (Å²) in [5, 5.41) is 26.1. The van der Waals surface area contributed by atoms with Crippen molar-refractivity contribution in [3.05, 3.63) is 52.4 Å². The highest BCUT2D eigenvalue weighted by atomic mass is 79.9. The number of carbonyl (C=O) groups is 2. The number of aliphatic hydroxyl groups is 1. The molecule has 0 radical (unpaired) electrons. The molecule has 2 aliphatic rings. The molecule has 4 rings (SSSR count). The normalized spacial score (nSPS) is 19.1. The summed E-state index contributed by atoms with van der Waals surface area (Å²) in [6.45, 7) is 8.48. The van der Waals surface area contributed by atoms with Gasteiger partial charge in [0.15, 0.2) is 11.6 Å². The molecule has 0 saturated carbocycles. The summed E-state index contributed by atoms with van der Waals surface area (Å²) in [5.41, 5.74) is 0.221. The molecule has 0 aromatic carbocycles. The fourth-order valence-electron chi connectivity index (χ4n) is 3.08. The highest BCUT2D eigenvalue weighted by Crippen LogP contribution is 2.23. The first kappa shape index (κ1) is 42.8. The average Bonchev–Trinajstić information content (AvgIpc) is 3.38. The molecule has 2 saturated heterocycles. The van der Waals surface area contributed by atoms with Crippen molar-refractivity contribution in [3.8, 4) is 5.88 Å². The molecule has 236 valence electrons. The van der Waals surface area contributed by atoms with Gasteiger partial charge in [-0.25, -0.2) is 19.6 Å². The largest absolute Gasteiger partial charge is 0.478 e. The standard InChI is InChI=1S/C12H15NO5.C6H4BrNO2.C6H12O3.4CH4/c1-12(2)17-7-8(18-12)6-16-10-9(11(14)15)4-3-5-13-10;7-5-4(6(9)10)2-1-3-8-5;1-6(2)8-4-5(3-7)9-6;;;;/h3-5,8H,6-7H2,1-2H3,(H,14,15);1-3H,(H,9,10);5,7H,3-4H2,1-2H3;4*1H4/t8-;;5-;;;;/m1.1..../s1. The first-order chi connectivity index (χ1) is 17.3. The Balaban J connectivity index is -0.000000543. The molecule has 4 heterocycles. The summed E-state index contributed by atoms with van der Waals surface area (Å²) in [5.74, 6) is -3.05. The van der Waals surface area contributed by atoms with E-state index in [9.17, 15) is 9.59 Å². The van der Waals surface area contributed by atoms with Gasteiger partial charge >= 0.3 is 11.9 Å². The summed E-state index contributed by atoms with van der Waals surface area (Å²) in [4.78, 5) is 28.9. The van der Waals surface area contributed by atoms with Crippen molar-refractivity contribution >= 4 is 27.9 Å². The average molecular weight is 652 g/mol. The summed E-state index contributed by atoms with van der Waals surface area (Å²) in [7, 11) is 0. The quantitative estimate of drug-likeness (QED) is 0.335. The minimum atomic E-state index is -1.07. The van der Waals surface area contributed by atoms with Crippen LogP contribution in [0.4, 0.5) is 0 Å². The molecule has 3 N–H and O–H groups in total. The van der Waals surface area contributed by atoms with Gasteiger partial charge in [0.1, 0.15) is 29.0 Å². The van der Waals surface area contributed by atoms with Crippen LogP contribution in [0.1, 0.15) is 78.1 Å². The van der Waals surface area contributed by atoms with Crippen molar-refractivity contribution in [3.63, 3.8) is 0 Å². The molecule has 0 amide bonds. The zero-order valence-electron chi connectivity index (χ0n) is 20.9. The second-order valence-corrected chi connectivity index (χ2v) is 9.45. The van der Waals surface area contributed by atoms with Crippen LogP contribution in [0.3, 0.4) is 0 Å². The molecule has 41 heavy (non-hydrogen) atoms. The van der Waals surface area contributed by atoms with Crippen molar-refractivity contribution in [2.24, 2.45) is 0 Å². The summed E-state index contributed by atoms with van der Waals surface area (Å²) >= 11 is 3.00. The third-order valence-electron chi connectivity index (χ3n) is 4.74. The molecular weight excluding hydrogens is 604 g/mol. The van der Waals surface area contributed by atoms with E-state index in [2.05, 4.69) is 25.9 Å². The van der Waals surface area contributed by atoms with Crippen molar-refractivity contribution in [1.82, 2.24) is 9.97 Å². The SMILES string of the molecule is C.C.C.C.CC1(C)OC[C@@H](CO)O1.CC1(C)OC[C@@H](COc2ncccc2C(=O)O)O1.O=C(O)c1cccnc1Br. The van der Waals surface area contributed by atoms with Gasteiger partial charge in [-0.1, -0.05) is 29.7 Å². The summed E-state index contributed by atoms with van der Waals surface area (Å²) < 4.78 is 27.1. The van der Waals surface area contributed by atoms with E-state index in [1.807, 2.05) is 27.7 Å². The number of halogens is 1. The minimum absolute atomic E-state index is 0. The third-order valence-corrected chi connectivity index (χ3v) is 5.37. The number of carboxylic acids is 2. The lowest BCUT2D eigenvalue weighted by molar-refractivity contribution is -0.142. The topological polar surface area (TPSA) is 167 Å². The number of rotatable bonds is 6. The van der Waals surface area contributed by atoms with Gasteiger partial charge in [-0.05, 0) is 67.9 Å². The minimum Gasteiger partial charge on any atom is -0.478 e. The zero-order valence-corrected chi connectivity index (χ0v) is 22.5. The monoisotopic (exact) mass is 650 g/mol. The Hall–Kier alpha value is -2.68. The van der Waals surface area contributed by atoms with E-state index in [1.54, 1.807) is 12.1 Å². The first-order valence-corrected chi connectivity index (χ1v) is 12.0. The van der Waals surface area contributed by atoms with Gasteiger partial charge in [-0.15, -0.1) is 0 Å². The van der Waals surface area contributed by atoms with Gasteiger partial charge < -0.3 is 39.0 Å². The van der Waals surface area contributed by atoms with Crippen LogP contribution in [-0.4, -0.2) is 87.4 Å².